The number of carbonyl (C=O) groups excluding carboxylic acids is 1. The molecule has 0 saturated carbocycles. The Labute approximate surface area is 155 Å². The number of benzene rings is 2. The second-order valence-electron chi connectivity index (χ2n) is 7.30. The van der Waals surface area contributed by atoms with Gasteiger partial charge in [0.15, 0.2) is 9.84 Å². The number of rotatable bonds is 7. The van der Waals surface area contributed by atoms with Crippen LogP contribution in [0.15, 0.2) is 59.5 Å². The van der Waals surface area contributed by atoms with E-state index in [1.54, 1.807) is 48.3 Å². The molecule has 0 radical (unpaired) electrons. The van der Waals surface area contributed by atoms with Crippen molar-refractivity contribution in [3.63, 3.8) is 0 Å². The van der Waals surface area contributed by atoms with Crippen LogP contribution in [-0.4, -0.2) is 39.4 Å². The molecule has 0 aliphatic heterocycles. The van der Waals surface area contributed by atoms with Crippen LogP contribution >= 0.6 is 0 Å². The Bertz CT molecular complexity index is 862. The van der Waals surface area contributed by atoms with Gasteiger partial charge in [-0.2, -0.15) is 0 Å². The maximum absolute atomic E-state index is 12.7. The highest BCUT2D eigenvalue weighted by Gasteiger charge is 2.23. The Balaban J connectivity index is 2.23. The molecular weight excluding hydrogens is 348 g/mol. The van der Waals surface area contributed by atoms with Crippen molar-refractivity contribution in [3.05, 3.63) is 65.7 Å². The Hall–Kier alpha value is -2.18. The molecule has 0 unspecified atom stereocenters. The molecule has 2 N–H and O–H groups in total. The fraction of sp³-hybridized carbons (Fsp3) is 0.350. The fourth-order valence-electron chi connectivity index (χ4n) is 2.70. The Morgan fingerprint density at radius 3 is 2.35 bits per heavy atom. The normalized spacial score (nSPS) is 12.0. The van der Waals surface area contributed by atoms with Gasteiger partial charge in [-0.15, -0.1) is 0 Å². The van der Waals surface area contributed by atoms with Crippen LogP contribution in [0.1, 0.15) is 29.8 Å². The summed E-state index contributed by atoms with van der Waals surface area (Å²) in [7, 11) is -1.83. The molecule has 0 fully saturated rings. The number of sulfone groups is 1. The van der Waals surface area contributed by atoms with Gasteiger partial charge in [0.05, 0.1) is 10.6 Å². The van der Waals surface area contributed by atoms with Gasteiger partial charge >= 0.3 is 0 Å². The second kappa shape index (κ2) is 8.01. The summed E-state index contributed by atoms with van der Waals surface area (Å²) in [5.41, 5.74) is 6.59. The third-order valence-corrected chi connectivity index (χ3v) is 5.89. The summed E-state index contributed by atoms with van der Waals surface area (Å²) in [5.74, 6) is -0.315. The first-order valence-corrected chi connectivity index (χ1v) is 10.1. The lowest BCUT2D eigenvalue weighted by Gasteiger charge is -2.29. The smallest absolute Gasteiger partial charge is 0.253 e. The molecule has 0 atom stereocenters. The van der Waals surface area contributed by atoms with Crippen molar-refractivity contribution in [2.24, 2.45) is 11.1 Å². The molecule has 2 aromatic carbocycles. The molecule has 2 aromatic rings. The van der Waals surface area contributed by atoms with Crippen molar-refractivity contribution in [3.8, 4) is 0 Å². The predicted octanol–water partition coefficient (Wildman–Crippen LogP) is 2.72. The minimum absolute atomic E-state index is 0.0957. The predicted molar refractivity (Wildman–Crippen MR) is 104 cm³/mol. The molecule has 2 rings (SSSR count). The Morgan fingerprint density at radius 2 is 1.73 bits per heavy atom. The highest BCUT2D eigenvalue weighted by Crippen LogP contribution is 2.20. The van der Waals surface area contributed by atoms with Gasteiger partial charge in [-0.25, -0.2) is 8.42 Å². The minimum Gasteiger partial charge on any atom is -0.341 e. The number of carbonyl (C=O) groups is 1. The van der Waals surface area contributed by atoms with Crippen LogP contribution in [0.2, 0.25) is 0 Å². The van der Waals surface area contributed by atoms with E-state index in [1.807, 2.05) is 19.9 Å². The zero-order chi connectivity index (χ0) is 19.4. The summed E-state index contributed by atoms with van der Waals surface area (Å²) < 4.78 is 25.4. The minimum atomic E-state index is -3.53. The summed E-state index contributed by atoms with van der Waals surface area (Å²) in [5, 5.41) is 0. The molecule has 26 heavy (non-hydrogen) atoms. The van der Waals surface area contributed by atoms with Gasteiger partial charge in [0.25, 0.3) is 5.91 Å². The number of amides is 1. The van der Waals surface area contributed by atoms with E-state index in [1.165, 1.54) is 12.1 Å². The summed E-state index contributed by atoms with van der Waals surface area (Å²) in [6.07, 6.45) is 0. The van der Waals surface area contributed by atoms with E-state index >= 15 is 0 Å². The van der Waals surface area contributed by atoms with Crippen LogP contribution in [0.25, 0.3) is 0 Å². The van der Waals surface area contributed by atoms with E-state index in [-0.39, 0.29) is 22.0 Å². The molecular formula is C20H26N2O3S. The van der Waals surface area contributed by atoms with Gasteiger partial charge in [0.1, 0.15) is 0 Å². The monoisotopic (exact) mass is 374 g/mol. The highest BCUT2D eigenvalue weighted by atomic mass is 32.2. The van der Waals surface area contributed by atoms with Gasteiger partial charge in [0.2, 0.25) is 0 Å². The molecule has 0 bridgehead atoms. The van der Waals surface area contributed by atoms with E-state index in [0.29, 0.717) is 24.2 Å². The van der Waals surface area contributed by atoms with E-state index in [0.717, 1.165) is 0 Å². The Morgan fingerprint density at radius 1 is 1.08 bits per heavy atom. The summed E-state index contributed by atoms with van der Waals surface area (Å²) >= 11 is 0. The number of nitrogens with two attached hydrogens (primary N) is 1. The van der Waals surface area contributed by atoms with Crippen LogP contribution in [0.5, 0.6) is 0 Å². The van der Waals surface area contributed by atoms with E-state index in [2.05, 4.69) is 0 Å². The third kappa shape index (κ3) is 5.16. The van der Waals surface area contributed by atoms with Crippen LogP contribution in [0.4, 0.5) is 0 Å². The largest absolute Gasteiger partial charge is 0.341 e. The van der Waals surface area contributed by atoms with Gasteiger partial charge in [-0.3, -0.25) is 4.79 Å². The average Bonchev–Trinajstić information content (AvgIpc) is 2.61. The molecule has 0 spiro atoms. The molecule has 140 valence electrons. The molecule has 5 nitrogen and oxygen atoms in total. The van der Waals surface area contributed by atoms with Crippen molar-refractivity contribution in [2.45, 2.75) is 24.5 Å². The summed E-state index contributed by atoms with van der Waals surface area (Å²) in [4.78, 5) is 14.4. The topological polar surface area (TPSA) is 80.5 Å². The molecule has 0 aromatic heterocycles. The van der Waals surface area contributed by atoms with Gasteiger partial charge < -0.3 is 10.6 Å². The molecule has 6 heteroatoms. The second-order valence-corrected chi connectivity index (χ2v) is 9.29. The van der Waals surface area contributed by atoms with E-state index in [4.69, 9.17) is 5.73 Å². The van der Waals surface area contributed by atoms with Crippen molar-refractivity contribution >= 4 is 15.7 Å². The average molecular weight is 375 g/mol. The van der Waals surface area contributed by atoms with Crippen LogP contribution in [0, 0.1) is 5.41 Å². The molecule has 0 saturated heterocycles. The third-order valence-electron chi connectivity index (χ3n) is 4.20. The lowest BCUT2D eigenvalue weighted by Crippen LogP contribution is -2.39. The van der Waals surface area contributed by atoms with Crippen molar-refractivity contribution in [1.29, 1.82) is 0 Å². The first kappa shape index (κ1) is 20.1. The molecule has 0 heterocycles. The summed E-state index contributed by atoms with van der Waals surface area (Å²) in [6, 6.07) is 15.2. The van der Waals surface area contributed by atoms with E-state index in [9.17, 15) is 13.2 Å². The zero-order valence-electron chi connectivity index (χ0n) is 15.5. The number of hydrogen-bond donors (Lipinski definition) is 1. The number of hydrogen-bond acceptors (Lipinski definition) is 4. The fourth-order valence-corrected chi connectivity index (χ4v) is 4.09. The molecule has 0 aliphatic rings. The lowest BCUT2D eigenvalue weighted by atomic mass is 9.93. The van der Waals surface area contributed by atoms with Crippen LogP contribution in [-0.2, 0) is 15.6 Å². The van der Waals surface area contributed by atoms with Crippen molar-refractivity contribution in [1.82, 2.24) is 4.90 Å². The van der Waals surface area contributed by atoms with Crippen LogP contribution in [0.3, 0.4) is 0 Å². The highest BCUT2D eigenvalue weighted by molar-refractivity contribution is 7.90. The number of nitrogens with zero attached hydrogens (tertiary/aromatic N) is 1. The summed E-state index contributed by atoms with van der Waals surface area (Å²) in [6.45, 7) is 4.91. The zero-order valence-corrected chi connectivity index (χ0v) is 16.3. The maximum atomic E-state index is 12.7. The maximum Gasteiger partial charge on any atom is 0.253 e. The van der Waals surface area contributed by atoms with Gasteiger partial charge in [-0.1, -0.05) is 50.2 Å². The quantitative estimate of drug-likeness (QED) is 0.808. The Kier molecular flexibility index (Phi) is 6.21. The van der Waals surface area contributed by atoms with E-state index < -0.39 is 9.84 Å². The van der Waals surface area contributed by atoms with Gasteiger partial charge in [0, 0.05) is 19.2 Å². The molecule has 0 aliphatic carbocycles. The SMILES string of the molecule is CN(CC(C)(C)CN)C(=O)c1cccc(S(=O)(=O)Cc2ccccc2)c1. The standard InChI is InChI=1S/C20H26N2O3S/c1-20(2,14-21)15-22(3)19(23)17-10-7-11-18(12-17)26(24,25)13-16-8-5-4-6-9-16/h4-12H,13-15,21H2,1-3H3. The van der Waals surface area contributed by atoms with Gasteiger partial charge in [-0.05, 0) is 35.7 Å². The van der Waals surface area contributed by atoms with Crippen molar-refractivity contribution < 1.29 is 13.2 Å². The first-order chi connectivity index (χ1) is 12.1. The first-order valence-electron chi connectivity index (χ1n) is 8.47. The molecule has 1 amide bonds. The lowest BCUT2D eigenvalue weighted by molar-refractivity contribution is 0.0740. The van der Waals surface area contributed by atoms with Crippen molar-refractivity contribution in [2.75, 3.05) is 20.1 Å². The van der Waals surface area contributed by atoms with Crippen LogP contribution < -0.4 is 5.73 Å².